The average Bonchev–Trinajstić information content (AvgIpc) is 2.86. The summed E-state index contributed by atoms with van der Waals surface area (Å²) < 4.78 is 58.7. The maximum Gasteiger partial charge on any atom is 0.416 e. The van der Waals surface area contributed by atoms with Gasteiger partial charge in [0.2, 0.25) is 5.88 Å². The van der Waals surface area contributed by atoms with Gasteiger partial charge in [0.15, 0.2) is 0 Å². The monoisotopic (exact) mass is 524 g/mol. The summed E-state index contributed by atoms with van der Waals surface area (Å²) in [6.45, 7) is 0.633. The fraction of sp³-hybridized carbons (Fsp3) is 0.400. The zero-order valence-electron chi connectivity index (χ0n) is 20.7. The van der Waals surface area contributed by atoms with Crippen LogP contribution in [0.4, 0.5) is 17.6 Å². The van der Waals surface area contributed by atoms with Gasteiger partial charge in [0.1, 0.15) is 11.6 Å². The molecule has 3 aromatic rings. The minimum Gasteiger partial charge on any atom is -0.438 e. The quantitative estimate of drug-likeness (QED) is 0.337. The van der Waals surface area contributed by atoms with Crippen LogP contribution in [0.25, 0.3) is 11.1 Å². The van der Waals surface area contributed by atoms with Gasteiger partial charge in [-0.2, -0.15) is 13.2 Å². The van der Waals surface area contributed by atoms with E-state index in [1.54, 1.807) is 12.1 Å². The molecule has 2 aromatic carbocycles. The SMILES string of the molecule is O=C(NCC12CC3CC(CC(C3)C1)C2)c1cnc(Oc2ccc(C(F)(F)F)cc2)c(-c2cccc(F)c2)c1. The summed E-state index contributed by atoms with van der Waals surface area (Å²) in [6, 6.07) is 11.6. The lowest BCUT2D eigenvalue weighted by Crippen LogP contribution is -2.51. The van der Waals surface area contributed by atoms with E-state index >= 15 is 0 Å². The van der Waals surface area contributed by atoms with Gasteiger partial charge in [0, 0.05) is 18.3 Å². The van der Waals surface area contributed by atoms with Crippen molar-refractivity contribution in [3.8, 4) is 22.8 Å². The van der Waals surface area contributed by atoms with Crippen molar-refractivity contribution in [2.24, 2.45) is 23.2 Å². The highest BCUT2D eigenvalue weighted by Crippen LogP contribution is 2.59. The van der Waals surface area contributed by atoms with Gasteiger partial charge >= 0.3 is 6.18 Å². The molecule has 1 N–H and O–H groups in total. The Morgan fingerprint density at radius 2 is 1.63 bits per heavy atom. The van der Waals surface area contributed by atoms with Crippen molar-refractivity contribution in [1.29, 1.82) is 0 Å². The molecular weight excluding hydrogens is 496 g/mol. The third kappa shape index (κ3) is 5.00. The van der Waals surface area contributed by atoms with E-state index in [1.807, 2.05) is 0 Å². The highest BCUT2D eigenvalue weighted by atomic mass is 19.4. The number of alkyl halides is 3. The minimum absolute atomic E-state index is 0.0630. The number of nitrogens with zero attached hydrogens (tertiary/aromatic N) is 1. The highest BCUT2D eigenvalue weighted by Gasteiger charge is 2.50. The van der Waals surface area contributed by atoms with Gasteiger partial charge in [-0.05, 0) is 110 Å². The largest absolute Gasteiger partial charge is 0.438 e. The number of pyridine rings is 1. The summed E-state index contributed by atoms with van der Waals surface area (Å²) in [4.78, 5) is 17.5. The van der Waals surface area contributed by atoms with Gasteiger partial charge in [-0.25, -0.2) is 9.37 Å². The number of ether oxygens (including phenoxy) is 1. The molecule has 38 heavy (non-hydrogen) atoms. The molecule has 0 radical (unpaired) electrons. The minimum atomic E-state index is -4.46. The molecule has 0 atom stereocenters. The topological polar surface area (TPSA) is 51.2 Å². The number of carbonyl (C=O) groups is 1. The summed E-state index contributed by atoms with van der Waals surface area (Å²) in [5.74, 6) is 1.81. The van der Waals surface area contributed by atoms with E-state index in [0.29, 0.717) is 23.2 Å². The van der Waals surface area contributed by atoms with Crippen LogP contribution in [0.3, 0.4) is 0 Å². The van der Waals surface area contributed by atoms with Crippen LogP contribution >= 0.6 is 0 Å². The molecule has 8 heteroatoms. The molecule has 0 spiro atoms. The van der Waals surface area contributed by atoms with Crippen LogP contribution in [0.1, 0.15) is 54.4 Å². The maximum atomic E-state index is 14.1. The molecule has 1 aromatic heterocycles. The van der Waals surface area contributed by atoms with Gasteiger partial charge < -0.3 is 10.1 Å². The Labute approximate surface area is 218 Å². The normalized spacial score (nSPS) is 25.8. The summed E-state index contributed by atoms with van der Waals surface area (Å²) in [6.07, 6.45) is 4.42. The van der Waals surface area contributed by atoms with Crippen LogP contribution in [-0.4, -0.2) is 17.4 Å². The first-order valence-corrected chi connectivity index (χ1v) is 13.1. The van der Waals surface area contributed by atoms with E-state index in [-0.39, 0.29) is 23.0 Å². The van der Waals surface area contributed by atoms with Crippen LogP contribution in [0.2, 0.25) is 0 Å². The molecule has 0 unspecified atom stereocenters. The second-order valence-corrected chi connectivity index (χ2v) is 11.3. The lowest BCUT2D eigenvalue weighted by molar-refractivity contribution is -0.137. The van der Waals surface area contributed by atoms with Crippen molar-refractivity contribution >= 4 is 5.91 Å². The second-order valence-electron chi connectivity index (χ2n) is 11.3. The molecule has 7 rings (SSSR count). The summed E-state index contributed by atoms with van der Waals surface area (Å²) in [7, 11) is 0. The van der Waals surface area contributed by atoms with E-state index in [2.05, 4.69) is 10.3 Å². The zero-order chi connectivity index (χ0) is 26.5. The van der Waals surface area contributed by atoms with Crippen molar-refractivity contribution in [3.05, 3.63) is 77.7 Å². The molecule has 1 amide bonds. The van der Waals surface area contributed by atoms with Crippen molar-refractivity contribution in [2.45, 2.75) is 44.7 Å². The molecule has 0 aliphatic heterocycles. The van der Waals surface area contributed by atoms with Crippen LogP contribution in [-0.2, 0) is 6.18 Å². The van der Waals surface area contributed by atoms with E-state index in [1.165, 1.54) is 75.1 Å². The Balaban J connectivity index is 1.24. The Kier molecular flexibility index (Phi) is 6.16. The predicted molar refractivity (Wildman–Crippen MR) is 134 cm³/mol. The molecule has 4 aliphatic rings. The summed E-state index contributed by atoms with van der Waals surface area (Å²) in [5, 5.41) is 3.14. The fourth-order valence-corrected chi connectivity index (χ4v) is 7.22. The number of aromatic nitrogens is 1. The number of halogens is 4. The van der Waals surface area contributed by atoms with Crippen LogP contribution in [0, 0.1) is 29.0 Å². The first-order valence-electron chi connectivity index (χ1n) is 13.1. The fourth-order valence-electron chi connectivity index (χ4n) is 7.22. The lowest BCUT2D eigenvalue weighted by Gasteiger charge is -2.56. The Morgan fingerprint density at radius 1 is 0.974 bits per heavy atom. The van der Waals surface area contributed by atoms with Gasteiger partial charge in [-0.15, -0.1) is 0 Å². The number of carbonyl (C=O) groups excluding carboxylic acids is 1. The number of rotatable bonds is 6. The van der Waals surface area contributed by atoms with Gasteiger partial charge in [-0.1, -0.05) is 12.1 Å². The maximum absolute atomic E-state index is 14.1. The van der Waals surface area contributed by atoms with Crippen molar-refractivity contribution in [2.75, 3.05) is 6.54 Å². The van der Waals surface area contributed by atoms with Crippen molar-refractivity contribution < 1.29 is 27.1 Å². The first kappa shape index (κ1) is 24.9. The van der Waals surface area contributed by atoms with Crippen LogP contribution < -0.4 is 10.1 Å². The number of hydrogen-bond donors (Lipinski definition) is 1. The van der Waals surface area contributed by atoms with Gasteiger partial charge in [-0.3, -0.25) is 4.79 Å². The van der Waals surface area contributed by atoms with Crippen LogP contribution in [0.15, 0.2) is 60.8 Å². The first-order chi connectivity index (χ1) is 18.2. The molecular formula is C30H28F4N2O2. The summed E-state index contributed by atoms with van der Waals surface area (Å²) >= 11 is 0. The third-order valence-corrected chi connectivity index (χ3v) is 8.43. The van der Waals surface area contributed by atoms with E-state index in [4.69, 9.17) is 4.74 Å². The van der Waals surface area contributed by atoms with Gasteiger partial charge in [0.25, 0.3) is 5.91 Å². The molecule has 4 nitrogen and oxygen atoms in total. The smallest absolute Gasteiger partial charge is 0.416 e. The Bertz CT molecular complexity index is 1320. The number of amides is 1. The van der Waals surface area contributed by atoms with Crippen molar-refractivity contribution in [1.82, 2.24) is 10.3 Å². The molecule has 4 fully saturated rings. The molecule has 4 bridgehead atoms. The molecule has 1 heterocycles. The summed E-state index contributed by atoms with van der Waals surface area (Å²) in [5.41, 5.74) is 0.499. The van der Waals surface area contributed by atoms with E-state index in [9.17, 15) is 22.4 Å². The second kappa shape index (κ2) is 9.40. The number of hydrogen-bond acceptors (Lipinski definition) is 3. The molecule has 4 saturated carbocycles. The third-order valence-electron chi connectivity index (χ3n) is 8.43. The van der Waals surface area contributed by atoms with E-state index in [0.717, 1.165) is 29.9 Å². The Hall–Kier alpha value is -3.42. The average molecular weight is 525 g/mol. The van der Waals surface area contributed by atoms with E-state index < -0.39 is 17.6 Å². The van der Waals surface area contributed by atoms with Crippen molar-refractivity contribution in [3.63, 3.8) is 0 Å². The lowest BCUT2D eigenvalue weighted by atomic mass is 9.49. The predicted octanol–water partition coefficient (Wildman–Crippen LogP) is 7.65. The van der Waals surface area contributed by atoms with Gasteiger partial charge in [0.05, 0.1) is 11.1 Å². The van der Waals surface area contributed by atoms with Crippen LogP contribution in [0.5, 0.6) is 11.6 Å². The molecule has 0 saturated heterocycles. The molecule has 198 valence electrons. The molecule has 4 aliphatic carbocycles. The number of benzene rings is 2. The number of nitrogens with one attached hydrogen (secondary N) is 1. The standard InChI is InChI=1S/C30H28F4N2O2/c31-24-3-1-2-21(11-24)26-12-22(16-35-28(26)38-25-6-4-23(5-7-25)30(32,33)34)27(37)36-17-29-13-18-8-19(14-29)10-20(9-18)15-29/h1-7,11-12,16,18-20H,8-10,13-15,17H2,(H,36,37). The zero-order valence-corrected chi connectivity index (χ0v) is 20.7. The Morgan fingerprint density at radius 3 is 2.24 bits per heavy atom. The highest BCUT2D eigenvalue weighted by molar-refractivity contribution is 5.95.